The van der Waals surface area contributed by atoms with E-state index >= 15 is 0 Å². The highest BCUT2D eigenvalue weighted by molar-refractivity contribution is 5.95. The monoisotopic (exact) mass is 341 g/mol. The molecule has 0 bridgehead atoms. The Morgan fingerprint density at radius 3 is 2.40 bits per heavy atom. The number of amides is 1. The van der Waals surface area contributed by atoms with Crippen LogP contribution in [0.15, 0.2) is 48.5 Å². The Labute approximate surface area is 145 Å². The molecule has 0 aliphatic heterocycles. The first kappa shape index (κ1) is 17.1. The van der Waals surface area contributed by atoms with Gasteiger partial charge >= 0.3 is 5.97 Å². The van der Waals surface area contributed by atoms with Gasteiger partial charge in [0, 0.05) is 11.6 Å². The van der Waals surface area contributed by atoms with Crippen molar-refractivity contribution in [2.75, 3.05) is 5.32 Å². The molecular formula is C20H20FNO3. The molecule has 0 radical (unpaired) electrons. The number of carbonyl (C=O) groups excluding carboxylic acids is 1. The van der Waals surface area contributed by atoms with Crippen molar-refractivity contribution < 1.29 is 19.1 Å². The van der Waals surface area contributed by atoms with E-state index in [1.54, 1.807) is 31.2 Å². The van der Waals surface area contributed by atoms with E-state index in [1.165, 1.54) is 12.1 Å². The third kappa shape index (κ3) is 4.24. The number of carboxylic acids is 1. The zero-order valence-electron chi connectivity index (χ0n) is 13.9. The van der Waals surface area contributed by atoms with Crippen LogP contribution in [0, 0.1) is 17.7 Å². The molecule has 2 aromatic carbocycles. The molecule has 1 fully saturated rings. The van der Waals surface area contributed by atoms with Gasteiger partial charge in [-0.3, -0.25) is 9.59 Å². The lowest BCUT2D eigenvalue weighted by molar-refractivity contribution is -0.141. The van der Waals surface area contributed by atoms with Crippen molar-refractivity contribution >= 4 is 17.6 Å². The van der Waals surface area contributed by atoms with Gasteiger partial charge in [0.05, 0.1) is 5.92 Å². The first-order valence-corrected chi connectivity index (χ1v) is 8.32. The summed E-state index contributed by atoms with van der Waals surface area (Å²) in [6.45, 7) is 1.67. The van der Waals surface area contributed by atoms with Gasteiger partial charge in [0.1, 0.15) is 5.82 Å². The maximum absolute atomic E-state index is 13.0. The summed E-state index contributed by atoms with van der Waals surface area (Å²) in [5.41, 5.74) is 2.60. The summed E-state index contributed by atoms with van der Waals surface area (Å²) in [6.07, 6.45) is 1.23. The minimum absolute atomic E-state index is 0.0408. The summed E-state index contributed by atoms with van der Waals surface area (Å²) in [5, 5.41) is 11.8. The van der Waals surface area contributed by atoms with E-state index in [1.807, 2.05) is 12.1 Å². The van der Waals surface area contributed by atoms with E-state index in [2.05, 4.69) is 5.32 Å². The highest BCUT2D eigenvalue weighted by Gasteiger charge is 2.43. The van der Waals surface area contributed by atoms with E-state index in [0.717, 1.165) is 17.5 Å². The molecule has 0 heterocycles. The van der Waals surface area contributed by atoms with Gasteiger partial charge in [-0.2, -0.15) is 0 Å². The standard InChI is InChI=1S/C20H20FNO3/c1-12(20(24)25)10-13-2-8-16(9-3-13)22-19(23)18-11-17(18)14-4-6-15(21)7-5-14/h2-9,12,17-18H,10-11H2,1H3,(H,22,23)(H,24,25). The number of benzene rings is 2. The lowest BCUT2D eigenvalue weighted by atomic mass is 10.0. The fraction of sp³-hybridized carbons (Fsp3) is 0.300. The van der Waals surface area contributed by atoms with Crippen molar-refractivity contribution in [1.82, 2.24) is 0 Å². The van der Waals surface area contributed by atoms with Crippen LogP contribution in [0.1, 0.15) is 30.4 Å². The van der Waals surface area contributed by atoms with Crippen molar-refractivity contribution in [3.8, 4) is 0 Å². The summed E-state index contributed by atoms with van der Waals surface area (Å²) in [5.74, 6) is -1.52. The fourth-order valence-corrected chi connectivity index (χ4v) is 2.96. The van der Waals surface area contributed by atoms with Crippen LogP contribution in [0.25, 0.3) is 0 Å². The predicted molar refractivity (Wildman–Crippen MR) is 92.8 cm³/mol. The number of nitrogens with one attached hydrogen (secondary N) is 1. The molecular weight excluding hydrogens is 321 g/mol. The van der Waals surface area contributed by atoms with Crippen molar-refractivity contribution in [2.45, 2.75) is 25.7 Å². The van der Waals surface area contributed by atoms with Crippen molar-refractivity contribution in [2.24, 2.45) is 11.8 Å². The molecule has 3 atom stereocenters. The van der Waals surface area contributed by atoms with Crippen LogP contribution in [-0.4, -0.2) is 17.0 Å². The van der Waals surface area contributed by atoms with Crippen molar-refractivity contribution in [3.05, 3.63) is 65.5 Å². The van der Waals surface area contributed by atoms with Gasteiger partial charge in [-0.25, -0.2) is 4.39 Å². The second-order valence-corrected chi connectivity index (χ2v) is 6.63. The summed E-state index contributed by atoms with van der Waals surface area (Å²) in [4.78, 5) is 23.2. The normalized spacial score (nSPS) is 19.9. The minimum atomic E-state index is -0.821. The second-order valence-electron chi connectivity index (χ2n) is 6.63. The molecule has 2 N–H and O–H groups in total. The molecule has 3 unspecified atom stereocenters. The van der Waals surface area contributed by atoms with Crippen LogP contribution in [-0.2, 0) is 16.0 Å². The average Bonchev–Trinajstić information content (AvgIpc) is 3.38. The van der Waals surface area contributed by atoms with Gasteiger partial charge in [-0.05, 0) is 54.2 Å². The van der Waals surface area contributed by atoms with E-state index in [4.69, 9.17) is 5.11 Å². The van der Waals surface area contributed by atoms with Crippen molar-refractivity contribution in [1.29, 1.82) is 0 Å². The van der Waals surface area contributed by atoms with Gasteiger partial charge in [-0.1, -0.05) is 31.2 Å². The van der Waals surface area contributed by atoms with Crippen LogP contribution >= 0.6 is 0 Å². The molecule has 25 heavy (non-hydrogen) atoms. The first-order chi connectivity index (χ1) is 11.9. The molecule has 0 aromatic heterocycles. The van der Waals surface area contributed by atoms with E-state index in [-0.39, 0.29) is 23.6 Å². The molecule has 0 spiro atoms. The lowest BCUT2D eigenvalue weighted by Gasteiger charge is -2.08. The zero-order chi connectivity index (χ0) is 18.0. The minimum Gasteiger partial charge on any atom is -0.481 e. The number of hydrogen-bond donors (Lipinski definition) is 2. The van der Waals surface area contributed by atoms with Crippen LogP contribution < -0.4 is 5.32 Å². The highest BCUT2D eigenvalue weighted by atomic mass is 19.1. The zero-order valence-corrected chi connectivity index (χ0v) is 13.9. The topological polar surface area (TPSA) is 66.4 Å². The number of hydrogen-bond acceptors (Lipinski definition) is 2. The van der Waals surface area contributed by atoms with E-state index in [0.29, 0.717) is 12.1 Å². The number of aliphatic carboxylic acids is 1. The Bertz CT molecular complexity index is 771. The van der Waals surface area contributed by atoms with Crippen LogP contribution in [0.4, 0.5) is 10.1 Å². The number of anilines is 1. The summed E-state index contributed by atoms with van der Waals surface area (Å²) >= 11 is 0. The Morgan fingerprint density at radius 1 is 1.16 bits per heavy atom. The summed E-state index contributed by atoms with van der Waals surface area (Å²) < 4.78 is 13.0. The molecule has 130 valence electrons. The van der Waals surface area contributed by atoms with E-state index in [9.17, 15) is 14.0 Å². The number of rotatable bonds is 6. The quantitative estimate of drug-likeness (QED) is 0.839. The maximum Gasteiger partial charge on any atom is 0.306 e. The molecule has 1 saturated carbocycles. The third-order valence-corrected chi connectivity index (χ3v) is 4.61. The summed E-state index contributed by atoms with van der Waals surface area (Å²) in [7, 11) is 0. The third-order valence-electron chi connectivity index (χ3n) is 4.61. The highest BCUT2D eigenvalue weighted by Crippen LogP contribution is 2.47. The molecule has 4 nitrogen and oxygen atoms in total. The molecule has 1 amide bonds. The van der Waals surface area contributed by atoms with Crippen molar-refractivity contribution in [3.63, 3.8) is 0 Å². The summed E-state index contributed by atoms with van der Waals surface area (Å²) in [6, 6.07) is 13.5. The number of carboxylic acid groups (broad SMARTS) is 1. The molecule has 0 saturated heterocycles. The molecule has 2 aromatic rings. The molecule has 1 aliphatic carbocycles. The Balaban J connectivity index is 1.55. The predicted octanol–water partition coefficient (Wildman–Crippen LogP) is 3.83. The SMILES string of the molecule is CC(Cc1ccc(NC(=O)C2CC2c2ccc(F)cc2)cc1)C(=O)O. The largest absolute Gasteiger partial charge is 0.481 e. The Hall–Kier alpha value is -2.69. The number of halogens is 1. The van der Waals surface area contributed by atoms with E-state index < -0.39 is 11.9 Å². The van der Waals surface area contributed by atoms with Crippen LogP contribution in [0.5, 0.6) is 0 Å². The van der Waals surface area contributed by atoms with Gasteiger partial charge in [-0.15, -0.1) is 0 Å². The second kappa shape index (κ2) is 7.05. The maximum atomic E-state index is 13.0. The van der Waals surface area contributed by atoms with Crippen LogP contribution in [0.2, 0.25) is 0 Å². The first-order valence-electron chi connectivity index (χ1n) is 8.32. The Kier molecular flexibility index (Phi) is 4.83. The molecule has 1 aliphatic rings. The molecule has 5 heteroatoms. The lowest BCUT2D eigenvalue weighted by Crippen LogP contribution is -2.15. The van der Waals surface area contributed by atoms with Gasteiger partial charge in [0.25, 0.3) is 0 Å². The average molecular weight is 341 g/mol. The smallest absolute Gasteiger partial charge is 0.306 e. The van der Waals surface area contributed by atoms with Gasteiger partial charge < -0.3 is 10.4 Å². The Morgan fingerprint density at radius 2 is 1.80 bits per heavy atom. The fourth-order valence-electron chi connectivity index (χ4n) is 2.96. The number of carbonyl (C=O) groups is 2. The van der Waals surface area contributed by atoms with Gasteiger partial charge in [0.15, 0.2) is 0 Å². The van der Waals surface area contributed by atoms with Crippen LogP contribution in [0.3, 0.4) is 0 Å². The molecule has 3 rings (SSSR count). The van der Waals surface area contributed by atoms with Gasteiger partial charge in [0.2, 0.25) is 5.91 Å².